The molecule has 2 atom stereocenters. The maximum atomic E-state index is 13.0. The molecule has 182 valence electrons. The molecule has 2 amide bonds. The van der Waals surface area contributed by atoms with Gasteiger partial charge in [-0.3, -0.25) is 19.3 Å². The van der Waals surface area contributed by atoms with E-state index in [2.05, 4.69) is 20.2 Å². The molecule has 0 aliphatic carbocycles. The minimum absolute atomic E-state index is 0.0501. The third-order valence-corrected chi connectivity index (χ3v) is 6.62. The second kappa shape index (κ2) is 11.2. The largest absolute Gasteiger partial charge is 0.428 e. The Hall–Kier alpha value is -3.39. The number of nitrogens with one attached hydrogen (secondary N) is 1. The number of hydrogen-bond donors (Lipinski definition) is 2. The number of rotatable bonds is 9. The third-order valence-electron chi connectivity index (χ3n) is 4.65. The number of nitrogens with zero attached hydrogens (tertiary/aromatic N) is 3. The summed E-state index contributed by atoms with van der Waals surface area (Å²) in [7, 11) is 1.28. The van der Waals surface area contributed by atoms with E-state index in [4.69, 9.17) is 15.3 Å². The van der Waals surface area contributed by atoms with Crippen LogP contribution in [-0.4, -0.2) is 70.4 Å². The Balaban J connectivity index is 1.79. The Morgan fingerprint density at radius 3 is 2.76 bits per heavy atom. The van der Waals surface area contributed by atoms with Gasteiger partial charge in [0.25, 0.3) is 11.8 Å². The Morgan fingerprint density at radius 2 is 2.15 bits per heavy atom. The molecule has 3 heterocycles. The van der Waals surface area contributed by atoms with E-state index in [0.29, 0.717) is 11.3 Å². The summed E-state index contributed by atoms with van der Waals surface area (Å²) in [4.78, 5) is 59.6. The zero-order valence-corrected chi connectivity index (χ0v) is 20.2. The molecule has 0 radical (unpaired) electrons. The number of oxime groups is 1. The van der Waals surface area contributed by atoms with Crippen LogP contribution in [0.2, 0.25) is 0 Å². The number of hydrogen-bond acceptors (Lipinski definition) is 12. The van der Waals surface area contributed by atoms with Gasteiger partial charge in [-0.1, -0.05) is 24.2 Å². The van der Waals surface area contributed by atoms with Gasteiger partial charge in [-0.05, 0) is 12.0 Å². The molecule has 2 aliphatic rings. The number of carbonyl (C=O) groups excluding carboxylic acids is 4. The summed E-state index contributed by atoms with van der Waals surface area (Å²) in [5.74, 6) is -2.19. The lowest BCUT2D eigenvalue weighted by Crippen LogP contribution is -2.71. The highest BCUT2D eigenvalue weighted by molar-refractivity contribution is 8.00. The summed E-state index contributed by atoms with van der Waals surface area (Å²) >= 11 is 2.51. The second-order valence-electron chi connectivity index (χ2n) is 6.92. The number of esters is 2. The number of nitrogen functional groups attached to an aromatic ring is 1. The average Bonchev–Trinajstić information content (AvgIpc) is 3.24. The molecular weight excluding hydrogens is 486 g/mol. The number of thiazole rings is 1. The van der Waals surface area contributed by atoms with Gasteiger partial charge in [0.2, 0.25) is 6.79 Å². The topological polar surface area (TPSA) is 163 Å². The van der Waals surface area contributed by atoms with Gasteiger partial charge in [0.1, 0.15) is 29.9 Å². The van der Waals surface area contributed by atoms with E-state index in [1.165, 1.54) is 30.7 Å². The van der Waals surface area contributed by atoms with Gasteiger partial charge in [0.15, 0.2) is 10.8 Å². The number of carbonyl (C=O) groups is 4. The molecule has 1 aromatic rings. The summed E-state index contributed by atoms with van der Waals surface area (Å²) in [6.45, 7) is 2.54. The standard InChI is InChI=1S/C20H23N5O7S2/c1-4-5-6-11-7-33-18-14(17(28)25(18)15(11)19(29)32-9-31-10(2)26)23-16(27)13(24-30-3)12-8-34-20(21)22-12/h5-6,8,14,18H,4,7,9H2,1-3H3,(H2,21,22)(H,23,27)/t14-,18+/m1/s1. The van der Waals surface area contributed by atoms with Crippen LogP contribution in [0.15, 0.2) is 34.0 Å². The highest BCUT2D eigenvalue weighted by Crippen LogP contribution is 2.41. The molecule has 3 rings (SSSR count). The molecule has 0 bridgehead atoms. The first-order valence-corrected chi connectivity index (χ1v) is 12.0. The number of β-lactam (4-membered cyclic amide) rings is 1. The van der Waals surface area contributed by atoms with Crippen molar-refractivity contribution in [2.75, 3.05) is 25.4 Å². The van der Waals surface area contributed by atoms with Crippen LogP contribution in [0.1, 0.15) is 26.0 Å². The quantitative estimate of drug-likeness (QED) is 0.160. The van der Waals surface area contributed by atoms with Crippen LogP contribution in [0, 0.1) is 0 Å². The minimum atomic E-state index is -0.913. The van der Waals surface area contributed by atoms with Crippen molar-refractivity contribution < 1.29 is 33.5 Å². The highest BCUT2D eigenvalue weighted by atomic mass is 32.2. The van der Waals surface area contributed by atoms with E-state index >= 15 is 0 Å². The van der Waals surface area contributed by atoms with Crippen LogP contribution < -0.4 is 11.1 Å². The number of fused-ring (bicyclic) bond motifs is 1. The van der Waals surface area contributed by atoms with Crippen molar-refractivity contribution in [1.82, 2.24) is 15.2 Å². The summed E-state index contributed by atoms with van der Waals surface area (Å²) < 4.78 is 9.70. The maximum absolute atomic E-state index is 13.0. The van der Waals surface area contributed by atoms with Gasteiger partial charge in [-0.15, -0.1) is 23.1 Å². The van der Waals surface area contributed by atoms with Gasteiger partial charge in [-0.2, -0.15) is 0 Å². The second-order valence-corrected chi connectivity index (χ2v) is 8.92. The van der Waals surface area contributed by atoms with Gasteiger partial charge in [0.05, 0.1) is 0 Å². The van der Waals surface area contributed by atoms with Crippen LogP contribution in [0.25, 0.3) is 0 Å². The van der Waals surface area contributed by atoms with E-state index in [-0.39, 0.29) is 22.2 Å². The smallest absolute Gasteiger partial charge is 0.358 e. The fourth-order valence-corrected chi connectivity index (χ4v) is 5.02. The molecule has 0 unspecified atom stereocenters. The zero-order valence-electron chi connectivity index (χ0n) is 18.6. The monoisotopic (exact) mass is 509 g/mol. The Morgan fingerprint density at radius 1 is 1.38 bits per heavy atom. The molecule has 0 saturated carbocycles. The fourth-order valence-electron chi connectivity index (χ4n) is 3.16. The summed E-state index contributed by atoms with van der Waals surface area (Å²) in [5.41, 5.74) is 6.36. The van der Waals surface area contributed by atoms with E-state index in [0.717, 1.165) is 17.8 Å². The van der Waals surface area contributed by atoms with Crippen LogP contribution in [0.3, 0.4) is 0 Å². The van der Waals surface area contributed by atoms with Crippen molar-refractivity contribution >= 4 is 57.7 Å². The van der Waals surface area contributed by atoms with Gasteiger partial charge in [0, 0.05) is 18.1 Å². The van der Waals surface area contributed by atoms with E-state index in [1.807, 2.05) is 13.0 Å². The first-order valence-electron chi connectivity index (χ1n) is 10.1. The van der Waals surface area contributed by atoms with Crippen LogP contribution in [0.4, 0.5) is 5.13 Å². The first-order chi connectivity index (χ1) is 16.3. The minimum Gasteiger partial charge on any atom is -0.428 e. The molecular formula is C20H23N5O7S2. The van der Waals surface area contributed by atoms with E-state index in [1.54, 1.807) is 11.5 Å². The van der Waals surface area contributed by atoms with Crippen LogP contribution in [0.5, 0.6) is 0 Å². The molecule has 0 spiro atoms. The lowest BCUT2D eigenvalue weighted by atomic mass is 10.0. The zero-order chi connectivity index (χ0) is 24.8. The summed E-state index contributed by atoms with van der Waals surface area (Å²) in [5, 5.41) is 7.59. The maximum Gasteiger partial charge on any atom is 0.358 e. The number of ether oxygens (including phenoxy) is 2. The van der Waals surface area contributed by atoms with Gasteiger partial charge in [-0.25, -0.2) is 9.78 Å². The Bertz CT molecular complexity index is 1080. The predicted molar refractivity (Wildman–Crippen MR) is 124 cm³/mol. The third kappa shape index (κ3) is 5.39. The molecule has 1 fully saturated rings. The number of aromatic nitrogens is 1. The number of amides is 2. The van der Waals surface area contributed by atoms with E-state index < -0.39 is 42.0 Å². The Kier molecular flexibility index (Phi) is 8.28. The number of allylic oxidation sites excluding steroid dienone is 2. The molecule has 12 nitrogen and oxygen atoms in total. The number of thioether (sulfide) groups is 1. The number of anilines is 1. The normalized spacial score (nSPS) is 20.0. The number of nitrogens with two attached hydrogens (primary N) is 1. The van der Waals surface area contributed by atoms with Crippen molar-refractivity contribution in [2.24, 2.45) is 5.16 Å². The van der Waals surface area contributed by atoms with Crippen molar-refractivity contribution in [3.63, 3.8) is 0 Å². The van der Waals surface area contributed by atoms with Crippen LogP contribution >= 0.6 is 23.1 Å². The van der Waals surface area contributed by atoms with Crippen molar-refractivity contribution in [2.45, 2.75) is 31.7 Å². The lowest BCUT2D eigenvalue weighted by Gasteiger charge is -2.49. The van der Waals surface area contributed by atoms with E-state index in [9.17, 15) is 19.2 Å². The summed E-state index contributed by atoms with van der Waals surface area (Å²) in [6.07, 6.45) is 4.33. The van der Waals surface area contributed by atoms with Crippen molar-refractivity contribution in [1.29, 1.82) is 0 Å². The summed E-state index contributed by atoms with van der Waals surface area (Å²) in [6, 6.07) is -0.913. The lowest BCUT2D eigenvalue weighted by molar-refractivity contribution is -0.166. The molecule has 14 heteroatoms. The van der Waals surface area contributed by atoms with Crippen molar-refractivity contribution in [3.8, 4) is 0 Å². The molecule has 0 aromatic carbocycles. The molecule has 34 heavy (non-hydrogen) atoms. The van der Waals surface area contributed by atoms with Crippen molar-refractivity contribution in [3.05, 3.63) is 34.5 Å². The predicted octanol–water partition coefficient (Wildman–Crippen LogP) is 0.760. The van der Waals surface area contributed by atoms with Gasteiger partial charge < -0.3 is 25.4 Å². The average molecular weight is 510 g/mol. The Labute approximate surface area is 203 Å². The fraction of sp³-hybridized carbons (Fsp3) is 0.400. The van der Waals surface area contributed by atoms with Crippen LogP contribution in [-0.2, 0) is 33.5 Å². The highest BCUT2D eigenvalue weighted by Gasteiger charge is 2.54. The van der Waals surface area contributed by atoms with Gasteiger partial charge >= 0.3 is 11.9 Å². The molecule has 1 aromatic heterocycles. The molecule has 1 saturated heterocycles. The SMILES string of the molecule is CCC=CC1=C(C(=O)OCOC(C)=O)N2C(=O)[C@@H](NC(=O)C(=NOC)c3csc(N)n3)[C@@H]2SC1. The molecule has 3 N–H and O–H groups in total. The first kappa shape index (κ1) is 25.2. The molecule has 2 aliphatic heterocycles.